The van der Waals surface area contributed by atoms with E-state index in [9.17, 15) is 0 Å². The molecule has 0 N–H and O–H groups in total. The first-order chi connectivity index (χ1) is 3.83. The molecule has 1 heterocycles. The molecule has 0 spiro atoms. The van der Waals surface area contributed by atoms with Crippen molar-refractivity contribution in [3.8, 4) is 0 Å². The van der Waals surface area contributed by atoms with Crippen molar-refractivity contribution in [2.75, 3.05) is 13.7 Å². The molecule has 1 aliphatic heterocycles. The van der Waals surface area contributed by atoms with E-state index in [-0.39, 0.29) is 0 Å². The Bertz CT molecular complexity index is 74.9. The van der Waals surface area contributed by atoms with E-state index in [0.717, 1.165) is 13.0 Å². The van der Waals surface area contributed by atoms with E-state index in [4.69, 9.17) is 4.74 Å². The van der Waals surface area contributed by atoms with Gasteiger partial charge in [-0.05, 0) is 13.3 Å². The monoisotopic (exact) mass is 114 g/mol. The SMILES string of the molecule is CO[C@@H]1C[N]C(C)C1. The topological polar surface area (TPSA) is 23.3 Å². The van der Waals surface area contributed by atoms with Crippen LogP contribution in [-0.4, -0.2) is 25.8 Å². The summed E-state index contributed by atoms with van der Waals surface area (Å²) in [5.41, 5.74) is 0. The Kier molecular flexibility index (Phi) is 1.86. The number of nitrogens with zero attached hydrogens (tertiary/aromatic N) is 1. The zero-order valence-corrected chi connectivity index (χ0v) is 5.42. The summed E-state index contributed by atoms with van der Waals surface area (Å²) in [5.74, 6) is 0. The van der Waals surface area contributed by atoms with Crippen molar-refractivity contribution in [2.24, 2.45) is 0 Å². The Balaban J connectivity index is 2.22. The molecule has 0 aromatic carbocycles. The van der Waals surface area contributed by atoms with Crippen molar-refractivity contribution < 1.29 is 4.74 Å². The zero-order valence-electron chi connectivity index (χ0n) is 5.42. The molecule has 2 heteroatoms. The minimum atomic E-state index is 0.407. The smallest absolute Gasteiger partial charge is 0.0727 e. The molecule has 0 amide bonds. The highest BCUT2D eigenvalue weighted by molar-refractivity contribution is 4.77. The lowest BCUT2D eigenvalue weighted by atomic mass is 10.2. The molecule has 1 fully saturated rings. The Morgan fingerprint density at radius 2 is 2.38 bits per heavy atom. The van der Waals surface area contributed by atoms with Gasteiger partial charge in [0.05, 0.1) is 6.10 Å². The maximum atomic E-state index is 5.09. The van der Waals surface area contributed by atoms with Crippen LogP contribution in [0.4, 0.5) is 0 Å². The van der Waals surface area contributed by atoms with Crippen LogP contribution in [0.15, 0.2) is 0 Å². The molecule has 1 saturated heterocycles. The van der Waals surface area contributed by atoms with Gasteiger partial charge in [-0.1, -0.05) is 0 Å². The molecule has 1 aliphatic rings. The predicted molar refractivity (Wildman–Crippen MR) is 31.9 cm³/mol. The molecule has 1 radical (unpaired) electrons. The summed E-state index contributed by atoms with van der Waals surface area (Å²) in [4.78, 5) is 0. The second kappa shape index (κ2) is 2.46. The molecule has 1 rings (SSSR count). The molecule has 0 aliphatic carbocycles. The van der Waals surface area contributed by atoms with Gasteiger partial charge in [0.15, 0.2) is 0 Å². The summed E-state index contributed by atoms with van der Waals surface area (Å²) in [6.45, 7) is 3.02. The molecule has 8 heavy (non-hydrogen) atoms. The molecule has 2 atom stereocenters. The highest BCUT2D eigenvalue weighted by atomic mass is 16.5. The van der Waals surface area contributed by atoms with Gasteiger partial charge in [0.1, 0.15) is 0 Å². The van der Waals surface area contributed by atoms with Gasteiger partial charge in [-0.15, -0.1) is 0 Å². The molecular weight excluding hydrogens is 102 g/mol. The number of ether oxygens (including phenoxy) is 1. The molecule has 0 aromatic rings. The third-order valence-electron chi connectivity index (χ3n) is 1.56. The normalized spacial score (nSPS) is 38.2. The van der Waals surface area contributed by atoms with Crippen molar-refractivity contribution in [3.63, 3.8) is 0 Å². The van der Waals surface area contributed by atoms with Gasteiger partial charge in [-0.3, -0.25) is 0 Å². The van der Waals surface area contributed by atoms with E-state index < -0.39 is 0 Å². The molecule has 0 bridgehead atoms. The Morgan fingerprint density at radius 1 is 1.62 bits per heavy atom. The third kappa shape index (κ3) is 1.20. The average Bonchev–Trinajstić information content (AvgIpc) is 2.14. The lowest BCUT2D eigenvalue weighted by Crippen LogP contribution is -2.10. The third-order valence-corrected chi connectivity index (χ3v) is 1.56. The van der Waals surface area contributed by atoms with Crippen LogP contribution in [0.2, 0.25) is 0 Å². The quantitative estimate of drug-likeness (QED) is 0.484. The summed E-state index contributed by atoms with van der Waals surface area (Å²) in [7, 11) is 1.75. The fraction of sp³-hybridized carbons (Fsp3) is 1.00. The second-order valence-electron chi connectivity index (χ2n) is 2.31. The van der Waals surface area contributed by atoms with E-state index >= 15 is 0 Å². The van der Waals surface area contributed by atoms with E-state index in [1.165, 1.54) is 0 Å². The van der Waals surface area contributed by atoms with E-state index in [1.54, 1.807) is 7.11 Å². The van der Waals surface area contributed by atoms with Gasteiger partial charge in [-0.25, -0.2) is 5.32 Å². The largest absolute Gasteiger partial charge is 0.380 e. The Hall–Kier alpha value is -0.0800. The van der Waals surface area contributed by atoms with Crippen molar-refractivity contribution >= 4 is 0 Å². The second-order valence-corrected chi connectivity index (χ2v) is 2.31. The van der Waals surface area contributed by atoms with Crippen molar-refractivity contribution in [1.82, 2.24) is 5.32 Å². The summed E-state index contributed by atoms with van der Waals surface area (Å²) in [6, 6.07) is 0.528. The van der Waals surface area contributed by atoms with Gasteiger partial charge in [0.2, 0.25) is 0 Å². The van der Waals surface area contributed by atoms with Gasteiger partial charge in [0.25, 0.3) is 0 Å². The van der Waals surface area contributed by atoms with E-state index in [1.807, 2.05) is 0 Å². The first-order valence-electron chi connectivity index (χ1n) is 3.02. The van der Waals surface area contributed by atoms with Crippen LogP contribution in [0.25, 0.3) is 0 Å². The summed E-state index contributed by atoms with van der Waals surface area (Å²) in [5, 5.41) is 4.26. The lowest BCUT2D eigenvalue weighted by molar-refractivity contribution is 0.117. The molecule has 2 nitrogen and oxygen atoms in total. The highest BCUT2D eigenvalue weighted by Gasteiger charge is 2.20. The number of hydrogen-bond acceptors (Lipinski definition) is 1. The molecule has 0 aromatic heterocycles. The summed E-state index contributed by atoms with van der Waals surface area (Å²) in [6.07, 6.45) is 1.52. The lowest BCUT2D eigenvalue weighted by Gasteiger charge is -2.02. The zero-order chi connectivity index (χ0) is 5.98. The van der Waals surface area contributed by atoms with Crippen LogP contribution in [0, 0.1) is 0 Å². The minimum absolute atomic E-state index is 0.407. The molecule has 0 saturated carbocycles. The Labute approximate surface area is 50.2 Å². The van der Waals surface area contributed by atoms with Crippen molar-refractivity contribution in [1.29, 1.82) is 0 Å². The Morgan fingerprint density at radius 3 is 2.62 bits per heavy atom. The van der Waals surface area contributed by atoms with Crippen LogP contribution in [-0.2, 0) is 4.74 Å². The van der Waals surface area contributed by atoms with Gasteiger partial charge >= 0.3 is 0 Å². The van der Waals surface area contributed by atoms with Gasteiger partial charge in [-0.2, -0.15) is 0 Å². The molecule has 47 valence electrons. The van der Waals surface area contributed by atoms with E-state index in [2.05, 4.69) is 12.2 Å². The van der Waals surface area contributed by atoms with E-state index in [0.29, 0.717) is 12.1 Å². The number of methoxy groups -OCH3 is 1. The van der Waals surface area contributed by atoms with Crippen molar-refractivity contribution in [2.45, 2.75) is 25.5 Å². The maximum Gasteiger partial charge on any atom is 0.0727 e. The number of hydrogen-bond donors (Lipinski definition) is 0. The molecule has 1 unspecified atom stereocenters. The van der Waals surface area contributed by atoms with Gasteiger partial charge in [0, 0.05) is 19.7 Å². The fourth-order valence-corrected chi connectivity index (χ4v) is 0.998. The maximum absolute atomic E-state index is 5.09. The first-order valence-corrected chi connectivity index (χ1v) is 3.02. The molecular formula is C6H12NO. The fourth-order valence-electron chi connectivity index (χ4n) is 0.998. The van der Waals surface area contributed by atoms with Crippen LogP contribution in [0.3, 0.4) is 0 Å². The standard InChI is InChI=1S/C6H12NO/c1-5-3-6(8-2)4-7-5/h5-6H,3-4H2,1-2H3/t5?,6-/m0/s1. The average molecular weight is 114 g/mol. The van der Waals surface area contributed by atoms with Crippen LogP contribution in [0.1, 0.15) is 13.3 Å². The highest BCUT2D eigenvalue weighted by Crippen LogP contribution is 2.09. The first kappa shape index (κ1) is 6.05. The minimum Gasteiger partial charge on any atom is -0.380 e. The van der Waals surface area contributed by atoms with Crippen LogP contribution in [0.5, 0.6) is 0 Å². The van der Waals surface area contributed by atoms with Crippen LogP contribution >= 0.6 is 0 Å². The van der Waals surface area contributed by atoms with Crippen LogP contribution < -0.4 is 5.32 Å². The van der Waals surface area contributed by atoms with Gasteiger partial charge < -0.3 is 4.74 Å². The van der Waals surface area contributed by atoms with Crippen molar-refractivity contribution in [3.05, 3.63) is 0 Å². The predicted octanol–water partition coefficient (Wildman–Crippen LogP) is 0.398. The number of rotatable bonds is 1. The summed E-state index contributed by atoms with van der Waals surface area (Å²) >= 11 is 0. The summed E-state index contributed by atoms with van der Waals surface area (Å²) < 4.78 is 5.09.